The maximum absolute atomic E-state index is 5.92. The van der Waals surface area contributed by atoms with E-state index in [0.29, 0.717) is 12.5 Å². The summed E-state index contributed by atoms with van der Waals surface area (Å²) >= 11 is 0. The van der Waals surface area contributed by atoms with E-state index in [1.54, 1.807) is 17.1 Å². The van der Waals surface area contributed by atoms with Crippen LogP contribution in [0.1, 0.15) is 36.3 Å². The van der Waals surface area contributed by atoms with Crippen LogP contribution >= 0.6 is 0 Å². The molecule has 1 aliphatic carbocycles. The molecule has 118 valence electrons. The van der Waals surface area contributed by atoms with Crippen LogP contribution in [0, 0.1) is 5.92 Å². The van der Waals surface area contributed by atoms with Crippen molar-refractivity contribution >= 4 is 0 Å². The van der Waals surface area contributed by atoms with Crippen molar-refractivity contribution in [1.82, 2.24) is 20.1 Å². The molecule has 3 aromatic rings. The van der Waals surface area contributed by atoms with Crippen LogP contribution in [0.4, 0.5) is 0 Å². The lowest BCUT2D eigenvalue weighted by atomic mass is 10.2. The molecule has 2 atom stereocenters. The van der Waals surface area contributed by atoms with Gasteiger partial charge in [0.1, 0.15) is 11.5 Å². The van der Waals surface area contributed by atoms with Crippen LogP contribution in [0.15, 0.2) is 53.3 Å². The molecule has 0 aliphatic heterocycles. The molecule has 3 aromatic heterocycles. The normalized spacial score (nSPS) is 19.9. The lowest BCUT2D eigenvalue weighted by Gasteiger charge is -2.08. The molecule has 0 amide bonds. The first-order chi connectivity index (χ1) is 11.3. The molecular formula is C18H20N4O. The van der Waals surface area contributed by atoms with Crippen molar-refractivity contribution in [2.75, 3.05) is 0 Å². The van der Waals surface area contributed by atoms with Crippen molar-refractivity contribution in [3.63, 3.8) is 0 Å². The summed E-state index contributed by atoms with van der Waals surface area (Å²) in [5, 5.41) is 7.69. The number of pyridine rings is 1. The van der Waals surface area contributed by atoms with E-state index in [1.165, 1.54) is 6.42 Å². The lowest BCUT2D eigenvalue weighted by Crippen LogP contribution is -2.15. The van der Waals surface area contributed by atoms with Gasteiger partial charge in [0, 0.05) is 36.6 Å². The Morgan fingerprint density at radius 3 is 2.91 bits per heavy atom. The molecule has 2 unspecified atom stereocenters. The highest BCUT2D eigenvalue weighted by Gasteiger charge is 2.36. The predicted octanol–water partition coefficient (Wildman–Crippen LogP) is 3.27. The van der Waals surface area contributed by atoms with Gasteiger partial charge in [-0.25, -0.2) is 9.67 Å². The number of hydrogen-bond acceptors (Lipinski definition) is 4. The average molecular weight is 308 g/mol. The molecule has 1 fully saturated rings. The fourth-order valence-electron chi connectivity index (χ4n) is 2.90. The molecule has 0 radical (unpaired) electrons. The van der Waals surface area contributed by atoms with Gasteiger partial charge in [0.05, 0.1) is 6.54 Å². The van der Waals surface area contributed by atoms with Crippen LogP contribution < -0.4 is 5.32 Å². The fraction of sp³-hybridized carbons (Fsp3) is 0.333. The SMILES string of the molecule is CC1CC1c1ccc(CNCc2cccnc2-n2cccn2)o1. The summed E-state index contributed by atoms with van der Waals surface area (Å²) in [4.78, 5) is 4.43. The predicted molar refractivity (Wildman–Crippen MR) is 87.1 cm³/mol. The number of aromatic nitrogens is 3. The number of rotatable bonds is 6. The summed E-state index contributed by atoms with van der Waals surface area (Å²) in [5.74, 6) is 4.39. The van der Waals surface area contributed by atoms with E-state index in [9.17, 15) is 0 Å². The summed E-state index contributed by atoms with van der Waals surface area (Å²) in [6.45, 7) is 3.71. The quantitative estimate of drug-likeness (QED) is 0.759. The van der Waals surface area contributed by atoms with Crippen molar-refractivity contribution < 1.29 is 4.42 Å². The Balaban J connectivity index is 1.39. The highest BCUT2D eigenvalue weighted by Crippen LogP contribution is 2.47. The molecule has 0 saturated heterocycles. The molecule has 0 aromatic carbocycles. The molecule has 1 N–H and O–H groups in total. The fourth-order valence-corrected chi connectivity index (χ4v) is 2.90. The Morgan fingerprint density at radius 2 is 2.13 bits per heavy atom. The maximum atomic E-state index is 5.92. The summed E-state index contributed by atoms with van der Waals surface area (Å²) in [7, 11) is 0. The van der Waals surface area contributed by atoms with Crippen LogP contribution in [0.2, 0.25) is 0 Å². The molecule has 1 saturated carbocycles. The second kappa shape index (κ2) is 6.01. The number of furan rings is 1. The largest absolute Gasteiger partial charge is 0.464 e. The van der Waals surface area contributed by atoms with Crippen molar-refractivity contribution in [2.45, 2.75) is 32.4 Å². The molecular weight excluding hydrogens is 288 g/mol. The van der Waals surface area contributed by atoms with E-state index < -0.39 is 0 Å². The second-order valence-corrected chi connectivity index (χ2v) is 6.16. The number of hydrogen-bond donors (Lipinski definition) is 1. The molecule has 23 heavy (non-hydrogen) atoms. The minimum absolute atomic E-state index is 0.633. The summed E-state index contributed by atoms with van der Waals surface area (Å²) in [6.07, 6.45) is 6.70. The third-order valence-corrected chi connectivity index (χ3v) is 4.36. The summed E-state index contributed by atoms with van der Waals surface area (Å²) in [6, 6.07) is 10.1. The van der Waals surface area contributed by atoms with Crippen molar-refractivity contribution in [3.8, 4) is 5.82 Å². The van der Waals surface area contributed by atoms with Gasteiger partial charge in [-0.05, 0) is 36.6 Å². The third kappa shape index (κ3) is 3.05. The highest BCUT2D eigenvalue weighted by molar-refractivity contribution is 5.32. The molecule has 0 bridgehead atoms. The van der Waals surface area contributed by atoms with Gasteiger partial charge in [0.15, 0.2) is 5.82 Å². The van der Waals surface area contributed by atoms with Gasteiger partial charge >= 0.3 is 0 Å². The minimum Gasteiger partial charge on any atom is -0.464 e. The van der Waals surface area contributed by atoms with Crippen LogP contribution in [0.25, 0.3) is 5.82 Å². The number of nitrogens with zero attached hydrogens (tertiary/aromatic N) is 3. The Morgan fingerprint density at radius 1 is 1.22 bits per heavy atom. The van der Waals surface area contributed by atoms with Gasteiger partial charge in [-0.3, -0.25) is 0 Å². The van der Waals surface area contributed by atoms with Gasteiger partial charge < -0.3 is 9.73 Å². The zero-order chi connectivity index (χ0) is 15.6. The Hall–Kier alpha value is -2.40. The average Bonchev–Trinajstić information content (AvgIpc) is 3.01. The third-order valence-electron chi connectivity index (χ3n) is 4.36. The zero-order valence-electron chi connectivity index (χ0n) is 13.1. The first-order valence-corrected chi connectivity index (χ1v) is 8.04. The van der Waals surface area contributed by atoms with Crippen LogP contribution in [0.5, 0.6) is 0 Å². The van der Waals surface area contributed by atoms with Crippen molar-refractivity contribution in [2.24, 2.45) is 5.92 Å². The van der Waals surface area contributed by atoms with Gasteiger partial charge in [-0.1, -0.05) is 13.0 Å². The van der Waals surface area contributed by atoms with Crippen molar-refractivity contribution in [1.29, 1.82) is 0 Å². The second-order valence-electron chi connectivity index (χ2n) is 6.16. The van der Waals surface area contributed by atoms with Crippen LogP contribution in [-0.2, 0) is 13.1 Å². The highest BCUT2D eigenvalue weighted by atomic mass is 16.3. The molecule has 0 spiro atoms. The maximum Gasteiger partial charge on any atom is 0.157 e. The van der Waals surface area contributed by atoms with Gasteiger partial charge in [-0.15, -0.1) is 0 Å². The van der Waals surface area contributed by atoms with Crippen molar-refractivity contribution in [3.05, 3.63) is 66.0 Å². The van der Waals surface area contributed by atoms with E-state index in [4.69, 9.17) is 4.42 Å². The van der Waals surface area contributed by atoms with E-state index in [-0.39, 0.29) is 0 Å². The number of nitrogens with one attached hydrogen (secondary N) is 1. The van der Waals surface area contributed by atoms with E-state index >= 15 is 0 Å². The standard InChI is InChI=1S/C18H20N4O/c1-13-10-16(13)17-6-5-15(23-17)12-19-11-14-4-2-7-20-18(14)22-9-3-8-21-22/h2-9,13,16,19H,10-12H2,1H3. The first-order valence-electron chi connectivity index (χ1n) is 8.04. The van der Waals surface area contributed by atoms with Gasteiger partial charge in [0.25, 0.3) is 0 Å². The Kier molecular flexibility index (Phi) is 3.71. The zero-order valence-corrected chi connectivity index (χ0v) is 13.1. The summed E-state index contributed by atoms with van der Waals surface area (Å²) in [5.41, 5.74) is 1.11. The van der Waals surface area contributed by atoms with E-state index in [0.717, 1.165) is 35.4 Å². The smallest absolute Gasteiger partial charge is 0.157 e. The topological polar surface area (TPSA) is 55.9 Å². The van der Waals surface area contributed by atoms with Gasteiger partial charge in [0.2, 0.25) is 0 Å². The van der Waals surface area contributed by atoms with Crippen LogP contribution in [0.3, 0.4) is 0 Å². The molecule has 1 aliphatic rings. The lowest BCUT2D eigenvalue weighted by molar-refractivity contribution is 0.444. The molecule has 5 nitrogen and oxygen atoms in total. The minimum atomic E-state index is 0.633. The molecule has 4 rings (SSSR count). The summed E-state index contributed by atoms with van der Waals surface area (Å²) < 4.78 is 7.71. The van der Waals surface area contributed by atoms with Gasteiger partial charge in [-0.2, -0.15) is 5.10 Å². The molecule has 5 heteroatoms. The van der Waals surface area contributed by atoms with E-state index in [1.807, 2.05) is 18.3 Å². The monoisotopic (exact) mass is 308 g/mol. The van der Waals surface area contributed by atoms with Crippen LogP contribution in [-0.4, -0.2) is 14.8 Å². The first kappa shape index (κ1) is 14.2. The molecule has 3 heterocycles. The Bertz CT molecular complexity index is 778. The van der Waals surface area contributed by atoms with E-state index in [2.05, 4.69) is 40.5 Å². The Labute approximate surface area is 135 Å².